The average molecular weight is 264 g/mol. The summed E-state index contributed by atoms with van der Waals surface area (Å²) >= 11 is 0. The number of rotatable bonds is 0. The smallest absolute Gasteiger partial charge is 0.316 e. The quantitative estimate of drug-likeness (QED) is 0.715. The molecule has 98 valence electrons. The molecule has 2 aromatic rings. The summed E-state index contributed by atoms with van der Waals surface area (Å²) in [6, 6.07) is 13.1. The summed E-state index contributed by atoms with van der Waals surface area (Å²) in [5.74, 6) is -0.306. The van der Waals surface area contributed by atoms with E-state index < -0.39 is 11.6 Å². The normalized spacial score (nSPS) is 22.4. The van der Waals surface area contributed by atoms with E-state index in [2.05, 4.69) is 10.6 Å². The van der Waals surface area contributed by atoms with Crippen molar-refractivity contribution in [1.82, 2.24) is 10.6 Å². The number of amides is 3. The van der Waals surface area contributed by atoms with Crippen LogP contribution in [-0.2, 0) is 10.3 Å². The SMILES string of the molecule is Cc1cccc2c1-c1ccccc1C21NC(=O)NC1=O. The number of carbonyl (C=O) groups excluding carboxylic acids is 2. The molecule has 3 amide bonds. The number of urea groups is 1. The third-order valence-electron chi connectivity index (χ3n) is 4.15. The van der Waals surface area contributed by atoms with Crippen LogP contribution in [0.1, 0.15) is 16.7 Å². The van der Waals surface area contributed by atoms with Gasteiger partial charge in [-0.1, -0.05) is 42.5 Å². The molecule has 1 fully saturated rings. The highest BCUT2D eigenvalue weighted by molar-refractivity contribution is 6.13. The highest BCUT2D eigenvalue weighted by atomic mass is 16.2. The van der Waals surface area contributed by atoms with Gasteiger partial charge in [-0.15, -0.1) is 0 Å². The number of fused-ring (bicyclic) bond motifs is 5. The van der Waals surface area contributed by atoms with Crippen LogP contribution in [0.15, 0.2) is 42.5 Å². The first kappa shape index (κ1) is 11.2. The minimum Gasteiger partial charge on any atom is -0.316 e. The second-order valence-corrected chi connectivity index (χ2v) is 5.20. The van der Waals surface area contributed by atoms with Gasteiger partial charge in [-0.05, 0) is 34.7 Å². The van der Waals surface area contributed by atoms with E-state index in [9.17, 15) is 9.59 Å². The minimum atomic E-state index is -1.07. The number of carbonyl (C=O) groups is 2. The molecule has 0 bridgehead atoms. The van der Waals surface area contributed by atoms with Crippen LogP contribution >= 0.6 is 0 Å². The van der Waals surface area contributed by atoms with E-state index in [1.807, 2.05) is 49.4 Å². The lowest BCUT2D eigenvalue weighted by atomic mass is 9.87. The van der Waals surface area contributed by atoms with E-state index in [1.165, 1.54) is 0 Å². The van der Waals surface area contributed by atoms with E-state index >= 15 is 0 Å². The summed E-state index contributed by atoms with van der Waals surface area (Å²) in [6.07, 6.45) is 0. The van der Waals surface area contributed by atoms with E-state index in [4.69, 9.17) is 0 Å². The summed E-state index contributed by atoms with van der Waals surface area (Å²) in [7, 11) is 0. The van der Waals surface area contributed by atoms with Gasteiger partial charge in [-0.2, -0.15) is 0 Å². The lowest BCUT2D eigenvalue weighted by molar-refractivity contribution is -0.122. The van der Waals surface area contributed by atoms with Gasteiger partial charge < -0.3 is 5.32 Å². The lowest BCUT2D eigenvalue weighted by Gasteiger charge is -2.23. The van der Waals surface area contributed by atoms with Crippen molar-refractivity contribution in [3.8, 4) is 11.1 Å². The van der Waals surface area contributed by atoms with Crippen LogP contribution in [0.2, 0.25) is 0 Å². The maximum Gasteiger partial charge on any atom is 0.322 e. The Morgan fingerprint density at radius 2 is 1.70 bits per heavy atom. The molecule has 1 heterocycles. The number of hydrogen-bond donors (Lipinski definition) is 2. The molecule has 1 atom stereocenters. The molecule has 2 aromatic carbocycles. The zero-order chi connectivity index (χ0) is 13.9. The van der Waals surface area contributed by atoms with Crippen molar-refractivity contribution in [2.45, 2.75) is 12.5 Å². The molecule has 20 heavy (non-hydrogen) atoms. The van der Waals surface area contributed by atoms with Crippen LogP contribution < -0.4 is 10.6 Å². The van der Waals surface area contributed by atoms with Gasteiger partial charge in [0.15, 0.2) is 5.54 Å². The Hall–Kier alpha value is -2.62. The molecule has 4 rings (SSSR count). The zero-order valence-electron chi connectivity index (χ0n) is 10.9. The molecule has 0 radical (unpaired) electrons. The van der Waals surface area contributed by atoms with E-state index in [-0.39, 0.29) is 5.91 Å². The maximum atomic E-state index is 12.5. The molecule has 4 nitrogen and oxygen atoms in total. The lowest BCUT2D eigenvalue weighted by Crippen LogP contribution is -2.43. The number of imide groups is 1. The maximum absolute atomic E-state index is 12.5. The summed E-state index contributed by atoms with van der Waals surface area (Å²) < 4.78 is 0. The van der Waals surface area contributed by atoms with Crippen molar-refractivity contribution in [3.05, 3.63) is 59.2 Å². The standard InChI is InChI=1S/C16H12N2O2/c1-9-5-4-8-12-13(9)10-6-2-3-7-11(10)16(12)14(19)17-15(20)18-16/h2-8H,1H3,(H2,17,18,19,20). The predicted molar refractivity (Wildman–Crippen MR) is 74.1 cm³/mol. The third-order valence-corrected chi connectivity index (χ3v) is 4.15. The Bertz CT molecular complexity index is 782. The molecular formula is C16H12N2O2. The number of nitrogens with one attached hydrogen (secondary N) is 2. The number of aryl methyl sites for hydroxylation is 1. The summed E-state index contributed by atoms with van der Waals surface area (Å²) in [5, 5.41) is 5.18. The van der Waals surface area contributed by atoms with Crippen molar-refractivity contribution < 1.29 is 9.59 Å². The molecule has 1 saturated heterocycles. The first-order valence-corrected chi connectivity index (χ1v) is 6.48. The topological polar surface area (TPSA) is 58.2 Å². The van der Waals surface area contributed by atoms with Crippen LogP contribution in [0.25, 0.3) is 11.1 Å². The van der Waals surface area contributed by atoms with Crippen LogP contribution in [-0.4, -0.2) is 11.9 Å². The van der Waals surface area contributed by atoms with E-state index in [0.717, 1.165) is 27.8 Å². The first-order chi connectivity index (χ1) is 9.64. The number of hydrogen-bond acceptors (Lipinski definition) is 2. The van der Waals surface area contributed by atoms with Gasteiger partial charge in [0, 0.05) is 0 Å². The summed E-state index contributed by atoms with van der Waals surface area (Å²) in [4.78, 5) is 24.1. The third kappa shape index (κ3) is 1.12. The minimum absolute atomic E-state index is 0.306. The van der Waals surface area contributed by atoms with Gasteiger partial charge >= 0.3 is 6.03 Å². The predicted octanol–water partition coefficient (Wildman–Crippen LogP) is 2.06. The van der Waals surface area contributed by atoms with Crippen LogP contribution in [0.4, 0.5) is 4.79 Å². The first-order valence-electron chi connectivity index (χ1n) is 6.48. The zero-order valence-corrected chi connectivity index (χ0v) is 10.9. The Kier molecular flexibility index (Phi) is 1.95. The second kappa shape index (κ2) is 3.48. The van der Waals surface area contributed by atoms with Gasteiger partial charge in [0.1, 0.15) is 0 Å². The molecule has 1 aliphatic carbocycles. The summed E-state index contributed by atoms with van der Waals surface area (Å²) in [5.41, 5.74) is 3.77. The highest BCUT2D eigenvalue weighted by Gasteiger charge is 2.54. The van der Waals surface area contributed by atoms with Gasteiger partial charge in [0.25, 0.3) is 5.91 Å². The van der Waals surface area contributed by atoms with Crippen molar-refractivity contribution in [2.24, 2.45) is 0 Å². The van der Waals surface area contributed by atoms with Crippen molar-refractivity contribution >= 4 is 11.9 Å². The van der Waals surface area contributed by atoms with Crippen LogP contribution in [0, 0.1) is 6.92 Å². The van der Waals surface area contributed by atoms with Crippen molar-refractivity contribution in [3.63, 3.8) is 0 Å². The molecular weight excluding hydrogens is 252 g/mol. The van der Waals surface area contributed by atoms with Crippen LogP contribution in [0.3, 0.4) is 0 Å². The molecule has 0 saturated carbocycles. The molecule has 2 aliphatic rings. The van der Waals surface area contributed by atoms with E-state index in [1.54, 1.807) is 0 Å². The largest absolute Gasteiger partial charge is 0.322 e. The Labute approximate surface area is 115 Å². The Morgan fingerprint density at radius 1 is 0.950 bits per heavy atom. The fraction of sp³-hybridized carbons (Fsp3) is 0.125. The average Bonchev–Trinajstić information content (AvgIpc) is 2.89. The Balaban J connectivity index is 2.15. The Morgan fingerprint density at radius 3 is 2.45 bits per heavy atom. The van der Waals surface area contributed by atoms with Gasteiger partial charge in [0.2, 0.25) is 0 Å². The molecule has 1 aliphatic heterocycles. The van der Waals surface area contributed by atoms with Crippen molar-refractivity contribution in [1.29, 1.82) is 0 Å². The van der Waals surface area contributed by atoms with Gasteiger partial charge in [-0.25, -0.2) is 4.79 Å². The second-order valence-electron chi connectivity index (χ2n) is 5.20. The monoisotopic (exact) mass is 264 g/mol. The fourth-order valence-corrected chi connectivity index (χ4v) is 3.35. The van der Waals surface area contributed by atoms with Crippen molar-refractivity contribution in [2.75, 3.05) is 0 Å². The van der Waals surface area contributed by atoms with Crippen LogP contribution in [0.5, 0.6) is 0 Å². The van der Waals surface area contributed by atoms with Gasteiger partial charge in [-0.3, -0.25) is 10.1 Å². The molecule has 1 spiro atoms. The molecule has 2 N–H and O–H groups in total. The molecule has 4 heteroatoms. The molecule has 0 aromatic heterocycles. The molecule has 1 unspecified atom stereocenters. The van der Waals surface area contributed by atoms with E-state index in [0.29, 0.717) is 0 Å². The van der Waals surface area contributed by atoms with Gasteiger partial charge in [0.05, 0.1) is 0 Å². The fourth-order valence-electron chi connectivity index (χ4n) is 3.35. The highest BCUT2D eigenvalue weighted by Crippen LogP contribution is 2.49. The number of benzene rings is 2. The summed E-state index contributed by atoms with van der Waals surface area (Å²) in [6.45, 7) is 2.02.